The second-order valence-electron chi connectivity index (χ2n) is 4.50. The first kappa shape index (κ1) is 13.5. The Morgan fingerprint density at radius 1 is 1.38 bits per heavy atom. The maximum atomic E-state index is 5.43. The minimum Gasteiger partial charge on any atom is -0.390 e. The predicted octanol–water partition coefficient (Wildman–Crippen LogP) is 2.00. The molecule has 16 heavy (non-hydrogen) atoms. The molecule has 0 radical (unpaired) electrons. The standard InChI is InChI=1S/C13H26N2O/c1-5-7-12(14-4)13(3,6-2)15-8-10-16-11-9-15/h7,14H,5-6,8-11H2,1-4H3/b12-7+. The van der Waals surface area contributed by atoms with Crippen LogP contribution in [0, 0.1) is 0 Å². The van der Waals surface area contributed by atoms with E-state index in [-0.39, 0.29) is 5.54 Å². The van der Waals surface area contributed by atoms with Crippen LogP contribution < -0.4 is 5.32 Å². The Morgan fingerprint density at radius 3 is 2.44 bits per heavy atom. The van der Waals surface area contributed by atoms with Gasteiger partial charge in [-0.1, -0.05) is 19.9 Å². The highest BCUT2D eigenvalue weighted by Crippen LogP contribution is 2.27. The van der Waals surface area contributed by atoms with Crippen LogP contribution in [0.2, 0.25) is 0 Å². The van der Waals surface area contributed by atoms with Crippen molar-refractivity contribution in [3.8, 4) is 0 Å². The zero-order valence-electron chi connectivity index (χ0n) is 11.2. The normalized spacial score (nSPS) is 22.9. The summed E-state index contributed by atoms with van der Waals surface area (Å²) in [5, 5.41) is 3.37. The third-order valence-electron chi connectivity index (χ3n) is 3.66. The van der Waals surface area contributed by atoms with Crippen molar-refractivity contribution in [1.29, 1.82) is 0 Å². The fourth-order valence-electron chi connectivity index (χ4n) is 2.44. The summed E-state index contributed by atoms with van der Waals surface area (Å²) in [4.78, 5) is 2.54. The fraction of sp³-hybridized carbons (Fsp3) is 0.846. The highest BCUT2D eigenvalue weighted by molar-refractivity contribution is 5.17. The molecule has 1 atom stereocenters. The number of morpholine rings is 1. The molecule has 0 spiro atoms. The lowest BCUT2D eigenvalue weighted by Crippen LogP contribution is -2.54. The van der Waals surface area contributed by atoms with Crippen molar-refractivity contribution in [3.05, 3.63) is 11.8 Å². The number of hydrogen-bond acceptors (Lipinski definition) is 3. The molecule has 1 N–H and O–H groups in total. The van der Waals surface area contributed by atoms with Crippen molar-refractivity contribution in [2.75, 3.05) is 33.4 Å². The minimum absolute atomic E-state index is 0.133. The van der Waals surface area contributed by atoms with E-state index in [0.717, 1.165) is 39.1 Å². The number of nitrogens with one attached hydrogen (secondary N) is 1. The Hall–Kier alpha value is -0.540. The van der Waals surface area contributed by atoms with Crippen LogP contribution in [0.15, 0.2) is 11.8 Å². The largest absolute Gasteiger partial charge is 0.390 e. The maximum absolute atomic E-state index is 5.43. The lowest BCUT2D eigenvalue weighted by Gasteiger charge is -2.44. The summed E-state index contributed by atoms with van der Waals surface area (Å²) in [6.45, 7) is 10.6. The molecule has 0 aromatic rings. The molecule has 1 saturated heterocycles. The van der Waals surface area contributed by atoms with E-state index in [1.54, 1.807) is 0 Å². The molecule has 0 aromatic heterocycles. The zero-order chi connectivity index (χ0) is 12.0. The minimum atomic E-state index is 0.133. The summed E-state index contributed by atoms with van der Waals surface area (Å²) in [5.41, 5.74) is 1.48. The average molecular weight is 226 g/mol. The van der Waals surface area contributed by atoms with Crippen LogP contribution in [0.25, 0.3) is 0 Å². The molecule has 94 valence electrons. The van der Waals surface area contributed by atoms with Crippen molar-refractivity contribution in [2.45, 2.75) is 39.2 Å². The molecule has 1 fully saturated rings. The van der Waals surface area contributed by atoms with Crippen LogP contribution >= 0.6 is 0 Å². The molecule has 1 aliphatic heterocycles. The van der Waals surface area contributed by atoms with E-state index in [1.165, 1.54) is 5.70 Å². The predicted molar refractivity (Wildman–Crippen MR) is 68.5 cm³/mol. The summed E-state index contributed by atoms with van der Waals surface area (Å²) in [6, 6.07) is 0. The smallest absolute Gasteiger partial charge is 0.0594 e. The molecule has 1 heterocycles. The lowest BCUT2D eigenvalue weighted by atomic mass is 9.90. The van der Waals surface area contributed by atoms with Gasteiger partial charge in [0.25, 0.3) is 0 Å². The van der Waals surface area contributed by atoms with Gasteiger partial charge in [0.2, 0.25) is 0 Å². The highest BCUT2D eigenvalue weighted by Gasteiger charge is 2.34. The van der Waals surface area contributed by atoms with Gasteiger partial charge >= 0.3 is 0 Å². The molecule has 1 rings (SSSR count). The van der Waals surface area contributed by atoms with Crippen molar-refractivity contribution in [3.63, 3.8) is 0 Å². The van der Waals surface area contributed by atoms with Gasteiger partial charge in [0.1, 0.15) is 0 Å². The first-order chi connectivity index (χ1) is 7.69. The zero-order valence-corrected chi connectivity index (χ0v) is 11.2. The van der Waals surface area contributed by atoms with E-state index in [9.17, 15) is 0 Å². The molecule has 1 unspecified atom stereocenters. The van der Waals surface area contributed by atoms with E-state index < -0.39 is 0 Å². The number of likely N-dealkylation sites (N-methyl/N-ethyl adjacent to an activating group) is 1. The van der Waals surface area contributed by atoms with E-state index in [2.05, 4.69) is 37.1 Å². The van der Waals surface area contributed by atoms with Crippen LogP contribution in [0.1, 0.15) is 33.6 Å². The van der Waals surface area contributed by atoms with Crippen LogP contribution in [0.3, 0.4) is 0 Å². The van der Waals surface area contributed by atoms with E-state index in [4.69, 9.17) is 4.74 Å². The van der Waals surface area contributed by atoms with Crippen LogP contribution in [0.5, 0.6) is 0 Å². The van der Waals surface area contributed by atoms with Gasteiger partial charge in [-0.3, -0.25) is 4.90 Å². The average Bonchev–Trinajstić information content (AvgIpc) is 2.36. The topological polar surface area (TPSA) is 24.5 Å². The quantitative estimate of drug-likeness (QED) is 0.776. The Labute approximate surface area is 99.8 Å². The van der Waals surface area contributed by atoms with Crippen molar-refractivity contribution < 1.29 is 4.74 Å². The Balaban J connectivity index is 2.84. The molecule has 0 aromatic carbocycles. The molecular formula is C13H26N2O. The maximum Gasteiger partial charge on any atom is 0.0594 e. The first-order valence-corrected chi connectivity index (χ1v) is 6.40. The second kappa shape index (κ2) is 6.26. The second-order valence-corrected chi connectivity index (χ2v) is 4.50. The first-order valence-electron chi connectivity index (χ1n) is 6.40. The summed E-state index contributed by atoms with van der Waals surface area (Å²) in [7, 11) is 2.02. The van der Waals surface area contributed by atoms with Crippen LogP contribution in [-0.2, 0) is 4.74 Å². The van der Waals surface area contributed by atoms with Gasteiger partial charge in [-0.25, -0.2) is 0 Å². The number of allylic oxidation sites excluding steroid dienone is 1. The molecule has 0 amide bonds. The Kier molecular flexibility index (Phi) is 5.29. The van der Waals surface area contributed by atoms with Gasteiger partial charge in [-0.2, -0.15) is 0 Å². The van der Waals surface area contributed by atoms with E-state index in [0.29, 0.717) is 0 Å². The highest BCUT2D eigenvalue weighted by atomic mass is 16.5. The van der Waals surface area contributed by atoms with Gasteiger partial charge in [0.15, 0.2) is 0 Å². The Bertz CT molecular complexity index is 234. The molecule has 0 aliphatic carbocycles. The Morgan fingerprint density at radius 2 is 2.00 bits per heavy atom. The molecule has 3 heteroatoms. The number of nitrogens with zero attached hydrogens (tertiary/aromatic N) is 1. The SMILES string of the molecule is CC/C=C(/NC)C(C)(CC)N1CCOCC1. The van der Waals surface area contributed by atoms with Crippen LogP contribution in [0.4, 0.5) is 0 Å². The van der Waals surface area contributed by atoms with E-state index in [1.807, 2.05) is 7.05 Å². The van der Waals surface area contributed by atoms with Crippen molar-refractivity contribution >= 4 is 0 Å². The summed E-state index contributed by atoms with van der Waals surface area (Å²) in [5.74, 6) is 0. The molecule has 3 nitrogen and oxygen atoms in total. The van der Waals surface area contributed by atoms with Crippen molar-refractivity contribution in [1.82, 2.24) is 10.2 Å². The van der Waals surface area contributed by atoms with Gasteiger partial charge in [0.05, 0.1) is 18.8 Å². The number of ether oxygens (including phenoxy) is 1. The molecular weight excluding hydrogens is 200 g/mol. The third kappa shape index (κ3) is 2.77. The number of hydrogen-bond donors (Lipinski definition) is 1. The summed E-state index contributed by atoms with van der Waals surface area (Å²) < 4.78 is 5.43. The molecule has 0 saturated carbocycles. The van der Waals surface area contributed by atoms with Gasteiger partial charge in [-0.05, 0) is 19.8 Å². The van der Waals surface area contributed by atoms with Gasteiger partial charge in [-0.15, -0.1) is 0 Å². The fourth-order valence-corrected chi connectivity index (χ4v) is 2.44. The third-order valence-corrected chi connectivity index (χ3v) is 3.66. The van der Waals surface area contributed by atoms with E-state index >= 15 is 0 Å². The number of rotatable bonds is 5. The summed E-state index contributed by atoms with van der Waals surface area (Å²) >= 11 is 0. The van der Waals surface area contributed by atoms with Crippen LogP contribution in [-0.4, -0.2) is 43.8 Å². The van der Waals surface area contributed by atoms with Gasteiger partial charge in [0, 0.05) is 25.8 Å². The molecule has 1 aliphatic rings. The molecule has 0 bridgehead atoms. The summed E-state index contributed by atoms with van der Waals surface area (Å²) in [6.07, 6.45) is 4.51. The lowest BCUT2D eigenvalue weighted by molar-refractivity contribution is -0.00698. The monoisotopic (exact) mass is 226 g/mol. The van der Waals surface area contributed by atoms with Crippen molar-refractivity contribution in [2.24, 2.45) is 0 Å². The van der Waals surface area contributed by atoms with Gasteiger partial charge < -0.3 is 10.1 Å².